The van der Waals surface area contributed by atoms with E-state index in [2.05, 4.69) is 25.8 Å². The van der Waals surface area contributed by atoms with Crippen molar-refractivity contribution >= 4 is 28.6 Å². The van der Waals surface area contributed by atoms with Crippen molar-refractivity contribution in [3.63, 3.8) is 0 Å². The van der Waals surface area contributed by atoms with Crippen LogP contribution in [0.25, 0.3) is 16.7 Å². The molecule has 0 aliphatic rings. The van der Waals surface area contributed by atoms with E-state index in [9.17, 15) is 18.0 Å². The van der Waals surface area contributed by atoms with E-state index in [1.54, 1.807) is 0 Å². The second-order valence-corrected chi connectivity index (χ2v) is 5.86. The molecule has 150 valence electrons. The third kappa shape index (κ3) is 4.00. The zero-order valence-electron chi connectivity index (χ0n) is 14.7. The summed E-state index contributed by atoms with van der Waals surface area (Å²) in [4.78, 5) is 14.8. The Kier molecular flexibility index (Phi) is 5.38. The topological polar surface area (TPSA) is 114 Å². The van der Waals surface area contributed by atoms with Crippen molar-refractivity contribution in [1.29, 1.82) is 0 Å². The molecule has 2 aromatic heterocycles. The van der Waals surface area contributed by atoms with Crippen molar-refractivity contribution in [2.45, 2.75) is 19.0 Å². The number of alkyl halides is 3. The molecule has 0 saturated carbocycles. The molecule has 0 aliphatic carbocycles. The van der Waals surface area contributed by atoms with Crippen molar-refractivity contribution in [3.8, 4) is 5.75 Å². The van der Waals surface area contributed by atoms with Crippen LogP contribution in [0, 0.1) is 0 Å². The van der Waals surface area contributed by atoms with Crippen LogP contribution < -0.4 is 15.4 Å². The molecule has 0 bridgehead atoms. The van der Waals surface area contributed by atoms with Crippen molar-refractivity contribution in [2.75, 3.05) is 25.5 Å². The quantitative estimate of drug-likeness (QED) is 0.525. The van der Waals surface area contributed by atoms with E-state index in [4.69, 9.17) is 9.84 Å². The molecule has 9 nitrogen and oxygen atoms in total. The van der Waals surface area contributed by atoms with Crippen LogP contribution in [0.4, 0.5) is 23.8 Å². The van der Waals surface area contributed by atoms with Gasteiger partial charge >= 0.3 is 12.3 Å². The number of anilines is 1. The number of hydrogen-bond donors (Lipinski definition) is 3. The highest BCUT2D eigenvalue weighted by molar-refractivity contribution is 5.84. The summed E-state index contributed by atoms with van der Waals surface area (Å²) in [6.07, 6.45) is -4.67. The molecule has 2 heterocycles. The number of rotatable bonds is 7. The number of amides is 1. The average Bonchev–Trinajstić information content (AvgIpc) is 3.09. The average molecular weight is 398 g/mol. The highest BCUT2D eigenvalue weighted by atomic mass is 19.4. The summed E-state index contributed by atoms with van der Waals surface area (Å²) < 4.78 is 46.1. The maximum absolute atomic E-state index is 13.4. The van der Waals surface area contributed by atoms with E-state index in [1.807, 2.05) is 0 Å². The van der Waals surface area contributed by atoms with Gasteiger partial charge in [-0.15, -0.1) is 10.2 Å². The summed E-state index contributed by atoms with van der Waals surface area (Å²) >= 11 is 0. The predicted molar refractivity (Wildman–Crippen MR) is 93.6 cm³/mol. The molecular formula is C16H17F3N6O3. The molecule has 0 aliphatic heterocycles. The van der Waals surface area contributed by atoms with E-state index in [0.29, 0.717) is 25.1 Å². The summed E-state index contributed by atoms with van der Waals surface area (Å²) in [7, 11) is 1.45. The molecule has 1 amide bonds. The normalized spacial score (nSPS) is 11.7. The van der Waals surface area contributed by atoms with Crippen LogP contribution in [0.2, 0.25) is 0 Å². The Balaban J connectivity index is 1.94. The largest absolute Gasteiger partial charge is 0.497 e. The second-order valence-electron chi connectivity index (χ2n) is 5.86. The molecule has 3 aromatic rings. The maximum atomic E-state index is 13.4. The number of methoxy groups -OCH3 is 1. The van der Waals surface area contributed by atoms with Crippen molar-refractivity contribution in [1.82, 2.24) is 24.9 Å². The Morgan fingerprint density at radius 3 is 2.68 bits per heavy atom. The number of unbranched alkanes of at least 4 members (excludes halogenated alkanes) is 1. The van der Waals surface area contributed by atoms with Crippen molar-refractivity contribution in [2.24, 2.45) is 0 Å². The molecule has 12 heteroatoms. The van der Waals surface area contributed by atoms with Gasteiger partial charge in [-0.2, -0.15) is 13.2 Å². The Morgan fingerprint density at radius 1 is 1.25 bits per heavy atom. The number of nitrogens with zero attached hydrogens (tertiary/aromatic N) is 4. The second kappa shape index (κ2) is 7.74. The van der Waals surface area contributed by atoms with E-state index in [0.717, 1.165) is 4.40 Å². The number of nitrogens with one attached hydrogen (secondary N) is 2. The van der Waals surface area contributed by atoms with E-state index in [-0.39, 0.29) is 29.0 Å². The van der Waals surface area contributed by atoms with Crippen LogP contribution in [-0.2, 0) is 6.18 Å². The molecule has 0 spiro atoms. The number of carbonyl (C=O) groups is 1. The van der Waals surface area contributed by atoms with Gasteiger partial charge in [-0.25, -0.2) is 9.78 Å². The first-order valence-electron chi connectivity index (χ1n) is 8.32. The molecule has 0 atom stereocenters. The van der Waals surface area contributed by atoms with Crippen LogP contribution in [-0.4, -0.2) is 51.0 Å². The fraction of sp³-hybridized carbons (Fsp3) is 0.375. The third-order valence-corrected chi connectivity index (χ3v) is 3.96. The van der Waals surface area contributed by atoms with Gasteiger partial charge in [0, 0.05) is 19.2 Å². The Bertz CT molecular complexity index is 1000. The lowest BCUT2D eigenvalue weighted by Gasteiger charge is -2.12. The molecule has 0 fully saturated rings. The van der Waals surface area contributed by atoms with Crippen LogP contribution in [0.3, 0.4) is 0 Å². The number of fused-ring (bicyclic) bond motifs is 3. The van der Waals surface area contributed by atoms with Crippen LogP contribution >= 0.6 is 0 Å². The summed E-state index contributed by atoms with van der Waals surface area (Å²) in [6, 6.07) is 4.52. The van der Waals surface area contributed by atoms with Crippen molar-refractivity contribution < 1.29 is 27.8 Å². The fourth-order valence-corrected chi connectivity index (χ4v) is 2.70. The Hall–Kier alpha value is -3.31. The molecular weight excluding hydrogens is 381 g/mol. The minimum absolute atomic E-state index is 0.0475. The number of halogens is 3. The van der Waals surface area contributed by atoms with Crippen LogP contribution in [0.15, 0.2) is 18.2 Å². The predicted octanol–water partition coefficient (Wildman–Crippen LogP) is 2.76. The smallest absolute Gasteiger partial charge is 0.452 e. The lowest BCUT2D eigenvalue weighted by atomic mass is 10.2. The first-order valence-corrected chi connectivity index (χ1v) is 8.32. The molecule has 28 heavy (non-hydrogen) atoms. The maximum Gasteiger partial charge on any atom is 0.452 e. The highest BCUT2D eigenvalue weighted by Gasteiger charge is 2.38. The van der Waals surface area contributed by atoms with Gasteiger partial charge < -0.3 is 20.5 Å². The van der Waals surface area contributed by atoms with Gasteiger partial charge in [0.2, 0.25) is 11.5 Å². The Labute approximate surface area is 156 Å². The van der Waals surface area contributed by atoms with Crippen LogP contribution in [0.5, 0.6) is 5.75 Å². The molecule has 0 saturated heterocycles. The zero-order valence-corrected chi connectivity index (χ0v) is 14.7. The third-order valence-electron chi connectivity index (χ3n) is 3.96. The number of ether oxygens (including phenoxy) is 1. The first kappa shape index (κ1) is 19.5. The Morgan fingerprint density at radius 2 is 2.00 bits per heavy atom. The number of aromatic nitrogens is 4. The standard InChI is InChI=1S/C16H17F3N6O3/c1-28-9-4-5-11-10(8-9)22-12(20-6-2-3-7-21-15(26)27)13-23-24-14(25(11)13)16(17,18)19/h4-5,8,21H,2-3,6-7H2,1H3,(H,20,22)(H,26,27). The molecule has 3 N–H and O–H groups in total. The minimum atomic E-state index is -4.69. The SMILES string of the molecule is COc1ccc2c(c1)nc(NCCCCNC(=O)O)c1nnc(C(F)(F)F)n12. The lowest BCUT2D eigenvalue weighted by molar-refractivity contribution is -0.145. The molecule has 0 unspecified atom stereocenters. The number of carboxylic acid groups (broad SMARTS) is 1. The summed E-state index contributed by atoms with van der Waals surface area (Å²) in [5, 5.41) is 20.7. The fourth-order valence-electron chi connectivity index (χ4n) is 2.70. The first-order chi connectivity index (χ1) is 13.3. The van der Waals surface area contributed by atoms with Gasteiger partial charge in [0.1, 0.15) is 5.75 Å². The van der Waals surface area contributed by atoms with Gasteiger partial charge in [-0.05, 0) is 25.0 Å². The monoisotopic (exact) mass is 398 g/mol. The summed E-state index contributed by atoms with van der Waals surface area (Å²) in [5.41, 5.74) is 0.435. The van der Waals surface area contributed by atoms with Crippen molar-refractivity contribution in [3.05, 3.63) is 24.0 Å². The zero-order chi connectivity index (χ0) is 20.3. The van der Waals surface area contributed by atoms with E-state index < -0.39 is 18.1 Å². The summed E-state index contributed by atoms with van der Waals surface area (Å²) in [6.45, 7) is 0.644. The molecule has 0 radical (unpaired) electrons. The van der Waals surface area contributed by atoms with Gasteiger partial charge in [0.25, 0.3) is 0 Å². The minimum Gasteiger partial charge on any atom is -0.497 e. The van der Waals surface area contributed by atoms with Crippen LogP contribution in [0.1, 0.15) is 18.7 Å². The van der Waals surface area contributed by atoms with Gasteiger partial charge in [-0.1, -0.05) is 0 Å². The van der Waals surface area contributed by atoms with E-state index >= 15 is 0 Å². The lowest BCUT2D eigenvalue weighted by Crippen LogP contribution is -2.22. The number of benzene rings is 1. The van der Waals surface area contributed by atoms with E-state index in [1.165, 1.54) is 25.3 Å². The highest BCUT2D eigenvalue weighted by Crippen LogP contribution is 2.32. The molecule has 3 rings (SSSR count). The summed E-state index contributed by atoms with van der Waals surface area (Å²) in [5.74, 6) is -0.546. The van der Waals surface area contributed by atoms with Gasteiger partial charge in [0.15, 0.2) is 5.82 Å². The van der Waals surface area contributed by atoms with Gasteiger partial charge in [-0.3, -0.25) is 4.40 Å². The van der Waals surface area contributed by atoms with Gasteiger partial charge in [0.05, 0.1) is 18.1 Å². The number of hydrogen-bond acceptors (Lipinski definition) is 6. The molecule has 1 aromatic carbocycles.